The van der Waals surface area contributed by atoms with E-state index >= 15 is 0 Å². The molecule has 0 N–H and O–H groups in total. The Balaban J connectivity index is 1.53. The molecule has 5 aromatic rings. The second-order valence-corrected chi connectivity index (χ2v) is 9.81. The predicted octanol–water partition coefficient (Wildman–Crippen LogP) is 6.75. The Morgan fingerprint density at radius 3 is 2.48 bits per heavy atom. The van der Waals surface area contributed by atoms with Gasteiger partial charge in [-0.1, -0.05) is 23.7 Å². The third-order valence-electron chi connectivity index (χ3n) is 6.60. The number of nitrogens with zero attached hydrogens (tertiary/aromatic N) is 4. The Morgan fingerprint density at radius 2 is 1.73 bits per heavy atom. The third-order valence-corrected chi connectivity index (χ3v) is 6.88. The summed E-state index contributed by atoms with van der Waals surface area (Å²) in [5.74, 6) is -3.34. The van der Waals surface area contributed by atoms with Crippen LogP contribution in [0.3, 0.4) is 0 Å². The summed E-state index contributed by atoms with van der Waals surface area (Å²) >= 11 is 6.12. The van der Waals surface area contributed by atoms with E-state index in [1.807, 2.05) is 0 Å². The molecule has 0 saturated heterocycles. The second-order valence-electron chi connectivity index (χ2n) is 9.45. The molecule has 0 spiro atoms. The standard InChI is InChI=1S/C30H22ClF3N4O2/c1-17(39)25-13-19(4-5-26(25)34)24-3-2-7-35-28(24)20(9-18-10-21(32)14-22(33)11-18)12-23(40)15-38-16-37-29-27(38)6-8-36-30(29)31/h2-8,10-11,13-14,16,20H,9,12,15H2,1H3/t20-/m1/s1. The number of pyridine rings is 2. The number of imidazole rings is 1. The number of fused-ring (bicyclic) bond motifs is 1. The normalized spacial score (nSPS) is 12.0. The molecule has 0 saturated carbocycles. The van der Waals surface area contributed by atoms with Crippen molar-refractivity contribution in [3.05, 3.63) is 113 Å². The van der Waals surface area contributed by atoms with Gasteiger partial charge in [0.15, 0.2) is 16.7 Å². The van der Waals surface area contributed by atoms with E-state index in [0.717, 1.165) is 6.07 Å². The van der Waals surface area contributed by atoms with Gasteiger partial charge in [0.2, 0.25) is 0 Å². The number of benzene rings is 2. The highest BCUT2D eigenvalue weighted by molar-refractivity contribution is 6.33. The smallest absolute Gasteiger partial charge is 0.162 e. The van der Waals surface area contributed by atoms with E-state index in [0.29, 0.717) is 33.4 Å². The number of hydrogen-bond donors (Lipinski definition) is 0. The van der Waals surface area contributed by atoms with E-state index in [-0.39, 0.29) is 35.9 Å². The molecular formula is C30H22ClF3N4O2. The fourth-order valence-corrected chi connectivity index (χ4v) is 5.05. The van der Waals surface area contributed by atoms with Crippen LogP contribution in [0.25, 0.3) is 22.2 Å². The van der Waals surface area contributed by atoms with Crippen molar-refractivity contribution in [2.45, 2.75) is 32.2 Å². The first-order valence-corrected chi connectivity index (χ1v) is 12.7. The molecule has 0 aliphatic carbocycles. The first kappa shape index (κ1) is 27.2. The predicted molar refractivity (Wildman–Crippen MR) is 145 cm³/mol. The number of Topliss-reactive ketones (excluding diaryl/α,β-unsaturated/α-hetero) is 2. The lowest BCUT2D eigenvalue weighted by atomic mass is 9.86. The van der Waals surface area contributed by atoms with E-state index in [9.17, 15) is 22.8 Å². The zero-order valence-corrected chi connectivity index (χ0v) is 22.0. The highest BCUT2D eigenvalue weighted by Gasteiger charge is 2.24. The van der Waals surface area contributed by atoms with E-state index in [1.165, 1.54) is 49.8 Å². The molecule has 2 aromatic carbocycles. The first-order chi connectivity index (χ1) is 19.2. The molecule has 0 aliphatic heterocycles. The average Bonchev–Trinajstić information content (AvgIpc) is 3.31. The van der Waals surface area contributed by atoms with Gasteiger partial charge in [0.25, 0.3) is 0 Å². The van der Waals surface area contributed by atoms with Crippen LogP contribution in [0.4, 0.5) is 13.2 Å². The molecule has 0 aliphatic rings. The van der Waals surface area contributed by atoms with Gasteiger partial charge in [0.1, 0.15) is 23.0 Å². The molecule has 0 radical (unpaired) electrons. The van der Waals surface area contributed by atoms with Crippen LogP contribution in [0.5, 0.6) is 0 Å². The van der Waals surface area contributed by atoms with Gasteiger partial charge in [0.05, 0.1) is 29.6 Å². The minimum Gasteiger partial charge on any atom is -0.323 e. The quantitative estimate of drug-likeness (QED) is 0.147. The van der Waals surface area contributed by atoms with Crippen LogP contribution in [0, 0.1) is 17.5 Å². The van der Waals surface area contributed by atoms with Crippen LogP contribution < -0.4 is 0 Å². The van der Waals surface area contributed by atoms with Gasteiger partial charge >= 0.3 is 0 Å². The number of carbonyl (C=O) groups excluding carboxylic acids is 2. The maximum Gasteiger partial charge on any atom is 0.162 e. The molecule has 6 nitrogen and oxygen atoms in total. The minimum absolute atomic E-state index is 0.0264. The van der Waals surface area contributed by atoms with E-state index in [4.69, 9.17) is 11.6 Å². The Kier molecular flexibility index (Phi) is 7.75. The zero-order chi connectivity index (χ0) is 28.4. The van der Waals surface area contributed by atoms with Crippen LogP contribution in [-0.4, -0.2) is 31.1 Å². The molecule has 3 heterocycles. The van der Waals surface area contributed by atoms with Crippen molar-refractivity contribution in [2.75, 3.05) is 0 Å². The number of halogens is 4. The van der Waals surface area contributed by atoms with Gasteiger partial charge < -0.3 is 4.57 Å². The Hall–Kier alpha value is -4.37. The Bertz CT molecular complexity index is 1730. The van der Waals surface area contributed by atoms with Crippen LogP contribution >= 0.6 is 11.6 Å². The molecule has 0 fully saturated rings. The molecule has 5 rings (SSSR count). The zero-order valence-electron chi connectivity index (χ0n) is 21.2. The molecule has 0 bridgehead atoms. The van der Waals surface area contributed by atoms with Crippen molar-refractivity contribution in [3.8, 4) is 11.1 Å². The summed E-state index contributed by atoms with van der Waals surface area (Å²) in [6.45, 7) is 1.24. The van der Waals surface area contributed by atoms with Crippen molar-refractivity contribution < 1.29 is 22.8 Å². The fourth-order valence-electron chi connectivity index (χ4n) is 4.84. The maximum atomic E-state index is 14.3. The number of hydrogen-bond acceptors (Lipinski definition) is 5. The summed E-state index contributed by atoms with van der Waals surface area (Å²) in [5.41, 5.74) is 2.95. The van der Waals surface area contributed by atoms with Crippen molar-refractivity contribution in [1.29, 1.82) is 0 Å². The van der Waals surface area contributed by atoms with Crippen LogP contribution in [-0.2, 0) is 17.8 Å². The topological polar surface area (TPSA) is 77.7 Å². The van der Waals surface area contributed by atoms with Crippen molar-refractivity contribution in [1.82, 2.24) is 19.5 Å². The lowest BCUT2D eigenvalue weighted by Gasteiger charge is -2.20. The average molecular weight is 563 g/mol. The third kappa shape index (κ3) is 5.79. The van der Waals surface area contributed by atoms with Gasteiger partial charge in [-0.3, -0.25) is 14.6 Å². The Morgan fingerprint density at radius 1 is 0.950 bits per heavy atom. The largest absolute Gasteiger partial charge is 0.323 e. The fraction of sp³-hybridized carbons (Fsp3) is 0.167. The molecule has 202 valence electrons. The number of carbonyl (C=O) groups is 2. The molecule has 1 atom stereocenters. The van der Waals surface area contributed by atoms with Crippen molar-refractivity contribution in [3.63, 3.8) is 0 Å². The summed E-state index contributed by atoms with van der Waals surface area (Å²) in [6, 6.07) is 12.5. The van der Waals surface area contributed by atoms with Gasteiger partial charge in [0, 0.05) is 36.4 Å². The lowest BCUT2D eigenvalue weighted by Crippen LogP contribution is -2.17. The molecule has 3 aromatic heterocycles. The SMILES string of the molecule is CC(=O)c1cc(-c2cccnc2[C@@H](CC(=O)Cn2cnc3c(Cl)nccc32)Cc2cc(F)cc(F)c2)ccc1F. The second kappa shape index (κ2) is 11.4. The van der Waals surface area contributed by atoms with Crippen LogP contribution in [0.2, 0.25) is 5.15 Å². The highest BCUT2D eigenvalue weighted by Crippen LogP contribution is 2.34. The molecule has 0 unspecified atom stereocenters. The number of rotatable bonds is 9. The first-order valence-electron chi connectivity index (χ1n) is 12.4. The summed E-state index contributed by atoms with van der Waals surface area (Å²) in [7, 11) is 0. The van der Waals surface area contributed by atoms with E-state index in [2.05, 4.69) is 15.0 Å². The lowest BCUT2D eigenvalue weighted by molar-refractivity contribution is -0.120. The highest BCUT2D eigenvalue weighted by atomic mass is 35.5. The summed E-state index contributed by atoms with van der Waals surface area (Å²) in [5, 5.41) is 0.220. The monoisotopic (exact) mass is 562 g/mol. The van der Waals surface area contributed by atoms with Crippen LogP contribution in [0.1, 0.15) is 40.9 Å². The summed E-state index contributed by atoms with van der Waals surface area (Å²) < 4.78 is 44.1. The van der Waals surface area contributed by atoms with Crippen molar-refractivity contribution >= 4 is 34.2 Å². The molecular weight excluding hydrogens is 541 g/mol. The molecule has 10 heteroatoms. The van der Waals surface area contributed by atoms with Gasteiger partial charge in [-0.15, -0.1) is 0 Å². The Labute approximate surface area is 232 Å². The number of aromatic nitrogens is 4. The minimum atomic E-state index is -0.735. The van der Waals surface area contributed by atoms with Gasteiger partial charge in [-0.2, -0.15) is 0 Å². The van der Waals surface area contributed by atoms with Crippen LogP contribution in [0.15, 0.2) is 73.3 Å². The van der Waals surface area contributed by atoms with E-state index in [1.54, 1.807) is 29.0 Å². The van der Waals surface area contributed by atoms with E-state index < -0.39 is 29.2 Å². The number of ketones is 2. The van der Waals surface area contributed by atoms with Gasteiger partial charge in [-0.05, 0) is 60.9 Å². The van der Waals surface area contributed by atoms with Crippen molar-refractivity contribution in [2.24, 2.45) is 0 Å². The summed E-state index contributed by atoms with van der Waals surface area (Å²) in [4.78, 5) is 38.2. The van der Waals surface area contributed by atoms with Gasteiger partial charge in [-0.25, -0.2) is 23.1 Å². The molecule has 40 heavy (non-hydrogen) atoms. The molecule has 0 amide bonds. The summed E-state index contributed by atoms with van der Waals surface area (Å²) in [6.07, 6.45) is 4.65. The maximum absolute atomic E-state index is 14.3.